The smallest absolute Gasteiger partial charge is 0.188 e. The number of hydrogen-bond acceptors (Lipinski definition) is 5. The van der Waals surface area contributed by atoms with Crippen molar-refractivity contribution < 1.29 is 9.90 Å². The molecule has 3 aromatic rings. The van der Waals surface area contributed by atoms with E-state index in [2.05, 4.69) is 46.5 Å². The highest BCUT2D eigenvalue weighted by Gasteiger charge is 2.18. The van der Waals surface area contributed by atoms with Gasteiger partial charge in [0.2, 0.25) is 0 Å². The maximum atomic E-state index is 11.6. The van der Waals surface area contributed by atoms with Gasteiger partial charge in [0.1, 0.15) is 12.3 Å². The summed E-state index contributed by atoms with van der Waals surface area (Å²) in [7, 11) is 0. The Kier molecular flexibility index (Phi) is 6.16. The molecule has 30 heavy (non-hydrogen) atoms. The van der Waals surface area contributed by atoms with Crippen molar-refractivity contribution in [3.05, 3.63) is 59.9 Å². The van der Waals surface area contributed by atoms with Crippen molar-refractivity contribution in [2.45, 2.75) is 20.4 Å². The molecule has 1 fully saturated rings. The molecule has 1 aromatic carbocycles. The van der Waals surface area contributed by atoms with Crippen molar-refractivity contribution in [1.29, 1.82) is 0 Å². The maximum absolute atomic E-state index is 11.6. The highest BCUT2D eigenvalue weighted by atomic mass is 16.3. The van der Waals surface area contributed by atoms with Crippen LogP contribution in [0, 0.1) is 5.92 Å². The molecular formula is C24H30N4O2. The number of aromatic nitrogens is 2. The Balaban J connectivity index is 1.44. The predicted molar refractivity (Wildman–Crippen MR) is 120 cm³/mol. The van der Waals surface area contributed by atoms with E-state index in [1.165, 1.54) is 12.2 Å². The van der Waals surface area contributed by atoms with Crippen LogP contribution >= 0.6 is 0 Å². The van der Waals surface area contributed by atoms with Gasteiger partial charge in [-0.15, -0.1) is 0 Å². The summed E-state index contributed by atoms with van der Waals surface area (Å²) in [4.78, 5) is 21.3. The van der Waals surface area contributed by atoms with E-state index in [1.54, 1.807) is 12.1 Å². The first-order chi connectivity index (χ1) is 14.5. The number of aliphatic hydroxyl groups is 1. The summed E-state index contributed by atoms with van der Waals surface area (Å²) >= 11 is 0. The molecule has 1 aliphatic heterocycles. The Hall–Kier alpha value is -2.70. The van der Waals surface area contributed by atoms with Gasteiger partial charge < -0.3 is 14.6 Å². The fraction of sp³-hybridized carbons (Fsp3) is 0.417. The third-order valence-electron chi connectivity index (χ3n) is 5.72. The zero-order chi connectivity index (χ0) is 21.1. The van der Waals surface area contributed by atoms with Crippen molar-refractivity contribution in [3.8, 4) is 0 Å². The average Bonchev–Trinajstić information content (AvgIpc) is 3.16. The molecule has 3 heterocycles. The number of carbonyl (C=O) groups excluding carboxylic acids is 1. The number of rotatable bonds is 7. The number of fused-ring (bicyclic) bond motifs is 1. The van der Waals surface area contributed by atoms with Crippen LogP contribution in [0.1, 0.15) is 29.8 Å². The first kappa shape index (κ1) is 20.6. The van der Waals surface area contributed by atoms with Crippen molar-refractivity contribution in [3.63, 3.8) is 0 Å². The largest absolute Gasteiger partial charge is 0.388 e. The van der Waals surface area contributed by atoms with Crippen molar-refractivity contribution in [2.24, 2.45) is 5.92 Å². The summed E-state index contributed by atoms with van der Waals surface area (Å²) in [5.41, 5.74) is 3.79. The van der Waals surface area contributed by atoms with Gasteiger partial charge in [0.05, 0.1) is 11.9 Å². The van der Waals surface area contributed by atoms with Crippen LogP contribution in [0.5, 0.6) is 0 Å². The van der Waals surface area contributed by atoms with Crippen LogP contribution in [0.25, 0.3) is 11.0 Å². The van der Waals surface area contributed by atoms with Gasteiger partial charge in [-0.3, -0.25) is 9.69 Å². The molecule has 0 spiro atoms. The number of ketones is 1. The van der Waals surface area contributed by atoms with E-state index < -0.39 is 6.61 Å². The Morgan fingerprint density at radius 2 is 1.83 bits per heavy atom. The third kappa shape index (κ3) is 4.55. The number of carbonyl (C=O) groups is 1. The van der Waals surface area contributed by atoms with Gasteiger partial charge in [-0.2, -0.15) is 0 Å². The van der Waals surface area contributed by atoms with E-state index in [1.807, 2.05) is 18.3 Å². The van der Waals surface area contributed by atoms with Gasteiger partial charge in [-0.1, -0.05) is 38.1 Å². The SMILES string of the molecule is CC(C)CN1CCN(c2cnc3c(ccn3Cc3ccc(C(=O)CO)cc3)c2)CC1. The molecule has 0 unspecified atom stereocenters. The summed E-state index contributed by atoms with van der Waals surface area (Å²) in [5.74, 6) is 0.452. The number of benzene rings is 1. The summed E-state index contributed by atoms with van der Waals surface area (Å²) in [5, 5.41) is 10.1. The molecule has 6 nitrogen and oxygen atoms in total. The fourth-order valence-electron chi connectivity index (χ4n) is 4.16. The molecule has 6 heteroatoms. The molecular weight excluding hydrogens is 376 g/mol. The summed E-state index contributed by atoms with van der Waals surface area (Å²) in [6.45, 7) is 10.2. The van der Waals surface area contributed by atoms with Crippen LogP contribution < -0.4 is 4.90 Å². The van der Waals surface area contributed by atoms with Crippen molar-refractivity contribution >= 4 is 22.5 Å². The van der Waals surface area contributed by atoms with E-state index >= 15 is 0 Å². The lowest BCUT2D eigenvalue weighted by atomic mass is 10.1. The van der Waals surface area contributed by atoms with Gasteiger partial charge >= 0.3 is 0 Å². The van der Waals surface area contributed by atoms with Crippen LogP contribution in [0.3, 0.4) is 0 Å². The minimum atomic E-state index is -0.458. The minimum Gasteiger partial charge on any atom is -0.388 e. The maximum Gasteiger partial charge on any atom is 0.188 e. The van der Waals surface area contributed by atoms with Crippen molar-refractivity contribution in [1.82, 2.24) is 14.5 Å². The number of aliphatic hydroxyl groups excluding tert-OH is 1. The molecule has 0 saturated carbocycles. The van der Waals surface area contributed by atoms with Gasteiger partial charge in [0, 0.05) is 56.4 Å². The standard InChI is InChI=1S/C24H30N4O2/c1-18(2)15-26-9-11-27(12-10-26)22-13-21-7-8-28(24(21)25-14-22)16-19-3-5-20(6-4-19)23(30)17-29/h3-8,13-14,18,29H,9-12,15-17H2,1-2H3. The van der Waals surface area contributed by atoms with E-state index in [0.29, 0.717) is 18.0 Å². The van der Waals surface area contributed by atoms with Crippen LogP contribution in [0.15, 0.2) is 48.8 Å². The number of nitrogens with zero attached hydrogens (tertiary/aromatic N) is 4. The summed E-state index contributed by atoms with van der Waals surface area (Å²) < 4.78 is 2.13. The van der Waals surface area contributed by atoms with Crippen LogP contribution in [0.2, 0.25) is 0 Å². The Morgan fingerprint density at radius 3 is 2.50 bits per heavy atom. The molecule has 2 aromatic heterocycles. The Labute approximate surface area is 177 Å². The Morgan fingerprint density at radius 1 is 1.10 bits per heavy atom. The monoisotopic (exact) mass is 406 g/mol. The highest BCUT2D eigenvalue weighted by molar-refractivity contribution is 5.96. The minimum absolute atomic E-state index is 0.257. The highest BCUT2D eigenvalue weighted by Crippen LogP contribution is 2.23. The molecule has 0 bridgehead atoms. The molecule has 0 aliphatic carbocycles. The lowest BCUT2D eigenvalue weighted by molar-refractivity contribution is 0.0903. The van der Waals surface area contributed by atoms with Gasteiger partial charge in [-0.05, 0) is 23.6 Å². The quantitative estimate of drug-likeness (QED) is 0.611. The molecule has 1 saturated heterocycles. The second-order valence-electron chi connectivity index (χ2n) is 8.51. The predicted octanol–water partition coefficient (Wildman–Crippen LogP) is 3.04. The lowest BCUT2D eigenvalue weighted by Crippen LogP contribution is -2.47. The van der Waals surface area contributed by atoms with Gasteiger partial charge in [0.25, 0.3) is 0 Å². The van der Waals surface area contributed by atoms with Crippen LogP contribution in [-0.2, 0) is 6.54 Å². The number of hydrogen-bond donors (Lipinski definition) is 1. The second-order valence-corrected chi connectivity index (χ2v) is 8.51. The van der Waals surface area contributed by atoms with E-state index in [9.17, 15) is 4.79 Å². The number of anilines is 1. The zero-order valence-corrected chi connectivity index (χ0v) is 17.8. The van der Waals surface area contributed by atoms with Crippen molar-refractivity contribution in [2.75, 3.05) is 44.2 Å². The number of Topliss-reactive ketones (excluding diaryl/α,β-unsaturated/α-hetero) is 1. The topological polar surface area (TPSA) is 61.6 Å². The fourth-order valence-corrected chi connectivity index (χ4v) is 4.16. The average molecular weight is 407 g/mol. The molecule has 4 rings (SSSR count). The third-order valence-corrected chi connectivity index (χ3v) is 5.72. The van der Waals surface area contributed by atoms with E-state index in [0.717, 1.165) is 42.8 Å². The lowest BCUT2D eigenvalue weighted by Gasteiger charge is -2.36. The molecule has 0 amide bonds. The number of piperazine rings is 1. The molecule has 0 atom stereocenters. The van der Waals surface area contributed by atoms with Crippen LogP contribution in [0.4, 0.5) is 5.69 Å². The van der Waals surface area contributed by atoms with Crippen LogP contribution in [-0.4, -0.2) is 64.7 Å². The number of pyridine rings is 1. The molecule has 1 N–H and O–H groups in total. The van der Waals surface area contributed by atoms with Gasteiger partial charge in [0.15, 0.2) is 5.78 Å². The summed E-state index contributed by atoms with van der Waals surface area (Å²) in [6.07, 6.45) is 4.05. The normalized spacial score (nSPS) is 15.3. The summed E-state index contributed by atoms with van der Waals surface area (Å²) in [6, 6.07) is 11.7. The van der Waals surface area contributed by atoms with Gasteiger partial charge in [-0.25, -0.2) is 4.98 Å². The molecule has 158 valence electrons. The van der Waals surface area contributed by atoms with E-state index in [-0.39, 0.29) is 5.78 Å². The molecule has 0 radical (unpaired) electrons. The van der Waals surface area contributed by atoms with E-state index in [4.69, 9.17) is 10.1 Å². The zero-order valence-electron chi connectivity index (χ0n) is 17.8. The Bertz CT molecular complexity index is 1000. The first-order valence-electron chi connectivity index (χ1n) is 10.7. The second kappa shape index (κ2) is 8.98. The molecule has 1 aliphatic rings. The first-order valence-corrected chi connectivity index (χ1v) is 10.7.